The van der Waals surface area contributed by atoms with Crippen LogP contribution < -0.4 is 0 Å². The first-order valence-corrected chi connectivity index (χ1v) is 7.08. The van der Waals surface area contributed by atoms with Gasteiger partial charge in [-0.15, -0.1) is 6.58 Å². The minimum atomic E-state index is 0.00774. The van der Waals surface area contributed by atoms with Crippen LogP contribution in [0.15, 0.2) is 12.7 Å². The molecule has 2 aliphatic rings. The molecule has 1 heteroatoms. The van der Waals surface area contributed by atoms with Crippen LogP contribution in [0.4, 0.5) is 0 Å². The highest BCUT2D eigenvalue weighted by molar-refractivity contribution is 4.83. The molecule has 0 aromatic carbocycles. The van der Waals surface area contributed by atoms with E-state index in [1.54, 1.807) is 0 Å². The molecule has 0 aromatic heterocycles. The molecule has 92 valence electrons. The summed E-state index contributed by atoms with van der Waals surface area (Å²) in [6.45, 7) is 3.84. The lowest BCUT2D eigenvalue weighted by molar-refractivity contribution is 0.0772. The lowest BCUT2D eigenvalue weighted by Gasteiger charge is -2.36. The fourth-order valence-electron chi connectivity index (χ4n) is 3.70. The molecule has 0 amide bonds. The van der Waals surface area contributed by atoms with Gasteiger partial charge >= 0.3 is 0 Å². The van der Waals surface area contributed by atoms with Gasteiger partial charge < -0.3 is 5.11 Å². The Labute approximate surface area is 99.9 Å². The zero-order valence-electron chi connectivity index (χ0n) is 10.4. The second kappa shape index (κ2) is 5.86. The summed E-state index contributed by atoms with van der Waals surface area (Å²) in [5, 5.41) is 9.53. The second-order valence-electron chi connectivity index (χ2n) is 5.87. The maximum absolute atomic E-state index is 9.53. The van der Waals surface area contributed by atoms with E-state index in [2.05, 4.69) is 12.7 Å². The van der Waals surface area contributed by atoms with E-state index in [0.29, 0.717) is 0 Å². The number of rotatable bonds is 3. The lowest BCUT2D eigenvalue weighted by atomic mass is 9.70. The van der Waals surface area contributed by atoms with E-state index >= 15 is 0 Å². The lowest BCUT2D eigenvalue weighted by Crippen LogP contribution is -2.27. The fraction of sp³-hybridized carbons (Fsp3) is 0.867. The van der Waals surface area contributed by atoms with Crippen LogP contribution in [0.25, 0.3) is 0 Å². The van der Waals surface area contributed by atoms with Crippen molar-refractivity contribution in [3.63, 3.8) is 0 Å². The molecule has 0 radical (unpaired) electrons. The zero-order chi connectivity index (χ0) is 11.4. The highest BCUT2D eigenvalue weighted by Crippen LogP contribution is 2.40. The summed E-state index contributed by atoms with van der Waals surface area (Å²) in [6.07, 6.45) is 13.7. The van der Waals surface area contributed by atoms with Gasteiger partial charge in [-0.2, -0.15) is 0 Å². The molecule has 0 spiro atoms. The van der Waals surface area contributed by atoms with Gasteiger partial charge in [0, 0.05) is 0 Å². The minimum absolute atomic E-state index is 0.00774. The maximum Gasteiger partial charge on any atom is 0.0540 e. The van der Waals surface area contributed by atoms with Gasteiger partial charge in [0.15, 0.2) is 0 Å². The highest BCUT2D eigenvalue weighted by atomic mass is 16.3. The van der Waals surface area contributed by atoms with Gasteiger partial charge in [0.1, 0.15) is 0 Å². The van der Waals surface area contributed by atoms with Crippen LogP contribution in [-0.4, -0.2) is 11.2 Å². The summed E-state index contributed by atoms with van der Waals surface area (Å²) in [4.78, 5) is 0. The van der Waals surface area contributed by atoms with E-state index in [1.165, 1.54) is 44.9 Å². The van der Waals surface area contributed by atoms with Crippen LogP contribution in [0.2, 0.25) is 0 Å². The van der Waals surface area contributed by atoms with Gasteiger partial charge in [-0.3, -0.25) is 0 Å². The molecule has 1 nitrogen and oxygen atoms in total. The monoisotopic (exact) mass is 222 g/mol. The first-order chi connectivity index (χ1) is 7.79. The topological polar surface area (TPSA) is 20.2 Å². The van der Waals surface area contributed by atoms with E-state index in [9.17, 15) is 5.11 Å². The van der Waals surface area contributed by atoms with Crippen molar-refractivity contribution >= 4 is 0 Å². The predicted octanol–water partition coefficient (Wildman–Crippen LogP) is 3.92. The first kappa shape index (κ1) is 12.2. The number of allylic oxidation sites excluding steroid dienone is 1. The van der Waals surface area contributed by atoms with E-state index in [1.807, 2.05) is 0 Å². The molecule has 0 aromatic rings. The highest BCUT2D eigenvalue weighted by Gasteiger charge is 2.29. The normalized spacial score (nSPS) is 40.6. The number of hydrogen-bond donors (Lipinski definition) is 1. The molecule has 2 aliphatic carbocycles. The van der Waals surface area contributed by atoms with Crippen LogP contribution in [-0.2, 0) is 0 Å². The Morgan fingerprint density at radius 1 is 0.875 bits per heavy atom. The van der Waals surface area contributed by atoms with E-state index in [4.69, 9.17) is 0 Å². The third kappa shape index (κ3) is 3.10. The molecule has 0 aliphatic heterocycles. The zero-order valence-corrected chi connectivity index (χ0v) is 10.4. The van der Waals surface area contributed by atoms with Crippen molar-refractivity contribution in [2.24, 2.45) is 17.8 Å². The number of aliphatic hydroxyl groups is 1. The van der Waals surface area contributed by atoms with Crippen LogP contribution in [0.1, 0.15) is 57.8 Å². The summed E-state index contributed by atoms with van der Waals surface area (Å²) in [5.41, 5.74) is 0. The Bertz CT molecular complexity index is 207. The number of aliphatic hydroxyl groups excluding tert-OH is 1. The third-order valence-corrected chi connectivity index (χ3v) is 4.80. The molecule has 0 unspecified atom stereocenters. The second-order valence-corrected chi connectivity index (χ2v) is 5.87. The molecule has 0 atom stereocenters. The van der Waals surface area contributed by atoms with Crippen LogP contribution >= 0.6 is 0 Å². The van der Waals surface area contributed by atoms with Crippen LogP contribution in [0, 0.1) is 17.8 Å². The fourth-order valence-corrected chi connectivity index (χ4v) is 3.70. The van der Waals surface area contributed by atoms with Crippen molar-refractivity contribution in [3.8, 4) is 0 Å². The molecule has 16 heavy (non-hydrogen) atoms. The van der Waals surface area contributed by atoms with Gasteiger partial charge in [-0.05, 0) is 75.5 Å². The van der Waals surface area contributed by atoms with E-state index < -0.39 is 0 Å². The van der Waals surface area contributed by atoms with Gasteiger partial charge in [0.2, 0.25) is 0 Å². The average Bonchev–Trinajstić information content (AvgIpc) is 2.32. The molecule has 0 bridgehead atoms. The van der Waals surface area contributed by atoms with Crippen molar-refractivity contribution < 1.29 is 5.11 Å². The van der Waals surface area contributed by atoms with Gasteiger partial charge in [-0.25, -0.2) is 0 Å². The maximum atomic E-state index is 9.53. The molecule has 2 rings (SSSR count). The third-order valence-electron chi connectivity index (χ3n) is 4.80. The van der Waals surface area contributed by atoms with Gasteiger partial charge in [0.25, 0.3) is 0 Å². The molecular formula is C15H26O. The quantitative estimate of drug-likeness (QED) is 0.718. The van der Waals surface area contributed by atoms with Gasteiger partial charge in [0.05, 0.1) is 6.10 Å². The average molecular weight is 222 g/mol. The number of hydrogen-bond acceptors (Lipinski definition) is 1. The standard InChI is InChI=1S/C15H26O/c1-2-3-12-4-6-13(7-5-12)14-8-10-15(16)11-9-14/h2,12-16H,1,3-11H2/t12?,13?,14-,15-. The summed E-state index contributed by atoms with van der Waals surface area (Å²) in [5.74, 6) is 2.81. The Kier molecular flexibility index (Phi) is 4.45. The van der Waals surface area contributed by atoms with E-state index in [0.717, 1.165) is 30.6 Å². The van der Waals surface area contributed by atoms with Gasteiger partial charge in [-0.1, -0.05) is 6.08 Å². The van der Waals surface area contributed by atoms with Crippen molar-refractivity contribution in [3.05, 3.63) is 12.7 Å². The van der Waals surface area contributed by atoms with Crippen LogP contribution in [0.5, 0.6) is 0 Å². The molecule has 2 fully saturated rings. The Hall–Kier alpha value is -0.300. The molecule has 1 N–H and O–H groups in total. The Morgan fingerprint density at radius 2 is 1.38 bits per heavy atom. The smallest absolute Gasteiger partial charge is 0.0540 e. The first-order valence-electron chi connectivity index (χ1n) is 7.08. The summed E-state index contributed by atoms with van der Waals surface area (Å²) >= 11 is 0. The molecule has 2 saturated carbocycles. The predicted molar refractivity (Wildman–Crippen MR) is 68.2 cm³/mol. The molecule has 0 saturated heterocycles. The van der Waals surface area contributed by atoms with Crippen LogP contribution in [0.3, 0.4) is 0 Å². The Balaban J connectivity index is 1.74. The summed E-state index contributed by atoms with van der Waals surface area (Å²) < 4.78 is 0. The van der Waals surface area contributed by atoms with Crippen molar-refractivity contribution in [2.45, 2.75) is 63.9 Å². The van der Waals surface area contributed by atoms with Crippen molar-refractivity contribution in [1.82, 2.24) is 0 Å². The SMILES string of the molecule is C=CCC1CCC([C@H]2CC[C@H](O)CC2)CC1. The minimum Gasteiger partial charge on any atom is -0.393 e. The Morgan fingerprint density at radius 3 is 1.88 bits per heavy atom. The molecule has 0 heterocycles. The van der Waals surface area contributed by atoms with Crippen molar-refractivity contribution in [2.75, 3.05) is 0 Å². The van der Waals surface area contributed by atoms with E-state index in [-0.39, 0.29) is 6.10 Å². The molecular weight excluding hydrogens is 196 g/mol. The summed E-state index contributed by atoms with van der Waals surface area (Å²) in [7, 11) is 0. The largest absolute Gasteiger partial charge is 0.393 e. The summed E-state index contributed by atoms with van der Waals surface area (Å²) in [6, 6.07) is 0. The van der Waals surface area contributed by atoms with Crippen molar-refractivity contribution in [1.29, 1.82) is 0 Å².